The van der Waals surface area contributed by atoms with Crippen LogP contribution in [-0.2, 0) is 0 Å². The molecule has 2 aliphatic rings. The quantitative estimate of drug-likeness (QED) is 0.617. The lowest BCUT2D eigenvalue weighted by molar-refractivity contribution is -0.276. The third-order valence-corrected chi connectivity index (χ3v) is 6.36. The third kappa shape index (κ3) is 5.11. The van der Waals surface area contributed by atoms with Crippen molar-refractivity contribution in [3.05, 3.63) is 23.9 Å². The number of halogens is 3. The molecule has 0 spiro atoms. The van der Waals surface area contributed by atoms with E-state index in [0.29, 0.717) is 5.92 Å². The van der Waals surface area contributed by atoms with Crippen LogP contribution in [-0.4, -0.2) is 11.3 Å². The van der Waals surface area contributed by atoms with Gasteiger partial charge in [-0.3, -0.25) is 0 Å². The van der Waals surface area contributed by atoms with E-state index in [4.69, 9.17) is 0 Å². The number of aromatic nitrogens is 1. The van der Waals surface area contributed by atoms with Crippen LogP contribution in [0.15, 0.2) is 18.3 Å². The van der Waals surface area contributed by atoms with Crippen molar-refractivity contribution in [2.45, 2.75) is 77.0 Å². The molecule has 0 unspecified atom stereocenters. The highest BCUT2D eigenvalue weighted by Gasteiger charge is 2.33. The molecule has 0 aliphatic heterocycles. The minimum absolute atomic E-state index is 0.377. The van der Waals surface area contributed by atoms with Gasteiger partial charge in [-0.15, -0.1) is 13.2 Å². The molecule has 1 aromatic rings. The summed E-state index contributed by atoms with van der Waals surface area (Å²) in [5.41, 5.74) is 1.04. The van der Waals surface area contributed by atoms with Crippen molar-refractivity contribution in [3.63, 3.8) is 0 Å². The number of pyridine rings is 1. The topological polar surface area (TPSA) is 22.1 Å². The largest absolute Gasteiger partial charge is 0.574 e. The number of rotatable bonds is 4. The van der Waals surface area contributed by atoms with Crippen molar-refractivity contribution in [2.24, 2.45) is 17.8 Å². The van der Waals surface area contributed by atoms with Gasteiger partial charge < -0.3 is 4.74 Å². The van der Waals surface area contributed by atoms with Crippen LogP contribution in [0.3, 0.4) is 0 Å². The smallest absolute Gasteiger partial charge is 0.388 e. The van der Waals surface area contributed by atoms with Crippen LogP contribution in [0.25, 0.3) is 0 Å². The Balaban J connectivity index is 1.49. The van der Waals surface area contributed by atoms with Crippen LogP contribution < -0.4 is 4.74 Å². The van der Waals surface area contributed by atoms with Gasteiger partial charge in [0.2, 0.25) is 5.88 Å². The Hall–Kier alpha value is -1.26. The summed E-state index contributed by atoms with van der Waals surface area (Å²) in [4.78, 5) is 3.82. The van der Waals surface area contributed by atoms with Gasteiger partial charge in [-0.25, -0.2) is 4.98 Å². The fraction of sp³-hybridized carbons (Fsp3) is 0.750. The highest BCUT2D eigenvalue weighted by atomic mass is 19.4. The van der Waals surface area contributed by atoms with Crippen LogP contribution >= 0.6 is 0 Å². The molecular formula is C20H28F3NO. The molecule has 0 radical (unpaired) electrons. The van der Waals surface area contributed by atoms with E-state index >= 15 is 0 Å². The van der Waals surface area contributed by atoms with Gasteiger partial charge in [0, 0.05) is 12.3 Å². The summed E-state index contributed by atoms with van der Waals surface area (Å²) in [6, 6.07) is 3.08. The minimum Gasteiger partial charge on any atom is -0.388 e. The van der Waals surface area contributed by atoms with Crippen LogP contribution in [0.5, 0.6) is 5.88 Å². The molecule has 140 valence electrons. The summed E-state index contributed by atoms with van der Waals surface area (Å²) in [5.74, 6) is 2.73. The number of nitrogens with zero attached hydrogens (tertiary/aromatic N) is 1. The number of hydrogen-bond donors (Lipinski definition) is 0. The van der Waals surface area contributed by atoms with Crippen LogP contribution in [0.4, 0.5) is 13.2 Å². The number of hydrogen-bond acceptors (Lipinski definition) is 2. The van der Waals surface area contributed by atoms with E-state index in [1.807, 2.05) is 0 Å². The van der Waals surface area contributed by atoms with E-state index in [-0.39, 0.29) is 5.88 Å². The lowest BCUT2D eigenvalue weighted by atomic mass is 9.68. The average Bonchev–Trinajstić information content (AvgIpc) is 2.61. The van der Waals surface area contributed by atoms with Crippen molar-refractivity contribution in [1.29, 1.82) is 0 Å². The first-order valence-electron chi connectivity index (χ1n) is 9.66. The SMILES string of the molecule is CC[C@H]1CC[C@H]([C@H]2CC[C@H](c3ccc(OC(F)(F)F)nc3)CC2)CC1. The van der Waals surface area contributed by atoms with Crippen molar-refractivity contribution < 1.29 is 17.9 Å². The second kappa shape index (κ2) is 7.96. The van der Waals surface area contributed by atoms with Crippen molar-refractivity contribution in [2.75, 3.05) is 0 Å². The van der Waals surface area contributed by atoms with Gasteiger partial charge in [-0.1, -0.05) is 32.3 Å². The Bertz CT molecular complexity index is 527. The zero-order valence-corrected chi connectivity index (χ0v) is 14.9. The van der Waals surface area contributed by atoms with E-state index in [2.05, 4.69) is 16.6 Å². The van der Waals surface area contributed by atoms with E-state index < -0.39 is 6.36 Å². The lowest BCUT2D eigenvalue weighted by Crippen LogP contribution is -2.25. The Morgan fingerprint density at radius 1 is 0.960 bits per heavy atom. The predicted molar refractivity (Wildman–Crippen MR) is 91.4 cm³/mol. The summed E-state index contributed by atoms with van der Waals surface area (Å²) < 4.78 is 40.5. The summed E-state index contributed by atoms with van der Waals surface area (Å²) in [6.07, 6.45) is 8.50. The molecule has 0 bridgehead atoms. The number of alkyl halides is 3. The summed E-state index contributed by atoms with van der Waals surface area (Å²) in [7, 11) is 0. The van der Waals surface area contributed by atoms with Gasteiger partial charge in [0.25, 0.3) is 0 Å². The molecule has 5 heteroatoms. The predicted octanol–water partition coefficient (Wildman–Crippen LogP) is 6.47. The first kappa shape index (κ1) is 18.5. The van der Waals surface area contributed by atoms with Gasteiger partial charge in [0.1, 0.15) is 0 Å². The van der Waals surface area contributed by atoms with E-state index in [0.717, 1.165) is 36.2 Å². The van der Waals surface area contributed by atoms with Gasteiger partial charge >= 0.3 is 6.36 Å². The minimum atomic E-state index is -4.68. The molecule has 0 aromatic carbocycles. The molecule has 2 nitrogen and oxygen atoms in total. The van der Waals surface area contributed by atoms with E-state index in [1.165, 1.54) is 51.0 Å². The molecule has 0 saturated heterocycles. The lowest BCUT2D eigenvalue weighted by Gasteiger charge is -2.37. The molecule has 1 aromatic heterocycles. The number of ether oxygens (including phenoxy) is 1. The van der Waals surface area contributed by atoms with E-state index in [1.54, 1.807) is 12.3 Å². The zero-order valence-electron chi connectivity index (χ0n) is 14.9. The fourth-order valence-electron chi connectivity index (χ4n) is 4.80. The molecular weight excluding hydrogens is 327 g/mol. The maximum atomic E-state index is 12.2. The second-order valence-corrected chi connectivity index (χ2v) is 7.78. The summed E-state index contributed by atoms with van der Waals surface area (Å²) in [6.45, 7) is 2.30. The molecule has 0 N–H and O–H groups in total. The normalized spacial score (nSPS) is 30.9. The highest BCUT2D eigenvalue weighted by Crippen LogP contribution is 2.44. The molecule has 25 heavy (non-hydrogen) atoms. The first-order chi connectivity index (χ1) is 11.9. The van der Waals surface area contributed by atoms with Gasteiger partial charge in [0.05, 0.1) is 0 Å². The van der Waals surface area contributed by atoms with Crippen LogP contribution in [0.1, 0.15) is 76.2 Å². The van der Waals surface area contributed by atoms with Crippen molar-refractivity contribution in [1.82, 2.24) is 4.98 Å². The van der Waals surface area contributed by atoms with Crippen molar-refractivity contribution >= 4 is 0 Å². The van der Waals surface area contributed by atoms with Crippen LogP contribution in [0.2, 0.25) is 0 Å². The first-order valence-corrected chi connectivity index (χ1v) is 9.66. The Morgan fingerprint density at radius 3 is 2.04 bits per heavy atom. The Labute approximate surface area is 148 Å². The fourth-order valence-corrected chi connectivity index (χ4v) is 4.80. The van der Waals surface area contributed by atoms with Crippen molar-refractivity contribution in [3.8, 4) is 5.88 Å². The molecule has 0 atom stereocenters. The van der Waals surface area contributed by atoms with Gasteiger partial charge in [0.15, 0.2) is 0 Å². The molecule has 2 fully saturated rings. The van der Waals surface area contributed by atoms with E-state index in [9.17, 15) is 13.2 Å². The molecule has 2 aliphatic carbocycles. The van der Waals surface area contributed by atoms with Gasteiger partial charge in [-0.2, -0.15) is 0 Å². The Kier molecular flexibility index (Phi) is 5.90. The monoisotopic (exact) mass is 355 g/mol. The van der Waals surface area contributed by atoms with Crippen LogP contribution in [0, 0.1) is 17.8 Å². The molecule has 0 amide bonds. The molecule has 1 heterocycles. The summed E-state index contributed by atoms with van der Waals surface area (Å²) in [5, 5.41) is 0. The van der Waals surface area contributed by atoms with Gasteiger partial charge in [-0.05, 0) is 67.8 Å². The second-order valence-electron chi connectivity index (χ2n) is 7.78. The molecule has 3 rings (SSSR count). The zero-order chi connectivity index (χ0) is 17.9. The Morgan fingerprint density at radius 2 is 1.56 bits per heavy atom. The highest BCUT2D eigenvalue weighted by molar-refractivity contribution is 5.22. The molecule has 2 saturated carbocycles. The third-order valence-electron chi connectivity index (χ3n) is 6.36. The standard InChI is InChI=1S/C20H28F3NO/c1-2-14-3-5-15(6-4-14)16-7-9-17(10-8-16)18-11-12-19(24-13-18)25-20(21,22)23/h11-17H,2-10H2,1H3/t14-,15-,16-,17-. The summed E-state index contributed by atoms with van der Waals surface area (Å²) >= 11 is 0. The maximum absolute atomic E-state index is 12.2. The maximum Gasteiger partial charge on any atom is 0.574 e. The average molecular weight is 355 g/mol.